The standard InChI is InChI=1S/C12H10As2N2.2ClH/c13-11-9(5-6-10(16)12(11)14)7-1-3-8(15)4-2-7;;/h1-6H,15-16H2;2*1H. The third-order valence-electron chi connectivity index (χ3n) is 2.40. The monoisotopic (exact) mass is 404 g/mol. The fraction of sp³-hybridized carbons (Fsp3) is 0. The molecule has 94 valence electrons. The van der Waals surface area contributed by atoms with Gasteiger partial charge < -0.3 is 0 Å². The quantitative estimate of drug-likeness (QED) is 0.549. The molecule has 0 aromatic heterocycles. The van der Waals surface area contributed by atoms with Gasteiger partial charge in [-0.15, -0.1) is 24.8 Å². The van der Waals surface area contributed by atoms with Gasteiger partial charge in [0.05, 0.1) is 0 Å². The van der Waals surface area contributed by atoms with Gasteiger partial charge in [0.2, 0.25) is 0 Å². The van der Waals surface area contributed by atoms with E-state index in [-0.39, 0.29) is 24.8 Å². The molecule has 4 radical (unpaired) electrons. The van der Waals surface area contributed by atoms with Gasteiger partial charge in [-0.1, -0.05) is 0 Å². The average Bonchev–Trinajstić information content (AvgIpc) is 2.28. The Balaban J connectivity index is 0.00000144. The van der Waals surface area contributed by atoms with E-state index in [1.54, 1.807) is 0 Å². The minimum absolute atomic E-state index is 0. The van der Waals surface area contributed by atoms with Crippen molar-refractivity contribution >= 4 is 78.6 Å². The first-order valence-electron chi connectivity index (χ1n) is 4.76. The van der Waals surface area contributed by atoms with Crippen molar-refractivity contribution in [3.05, 3.63) is 36.4 Å². The van der Waals surface area contributed by atoms with Gasteiger partial charge in [-0.3, -0.25) is 0 Å². The molecule has 0 aliphatic carbocycles. The van der Waals surface area contributed by atoms with Crippen LogP contribution in [0.5, 0.6) is 0 Å². The summed E-state index contributed by atoms with van der Waals surface area (Å²) < 4.78 is 2.19. The summed E-state index contributed by atoms with van der Waals surface area (Å²) in [6.45, 7) is 0. The predicted molar refractivity (Wildman–Crippen MR) is 86.0 cm³/mol. The molecule has 2 aromatic rings. The molecule has 6 heteroatoms. The number of rotatable bonds is 1. The van der Waals surface area contributed by atoms with Crippen molar-refractivity contribution in [3.63, 3.8) is 0 Å². The van der Waals surface area contributed by atoms with E-state index in [4.69, 9.17) is 11.5 Å². The van der Waals surface area contributed by atoms with Crippen LogP contribution in [0.1, 0.15) is 0 Å². The van der Waals surface area contributed by atoms with Crippen molar-refractivity contribution in [2.45, 2.75) is 0 Å². The Bertz CT molecular complexity index is 530. The zero-order valence-corrected chi connectivity index (χ0v) is 14.7. The van der Waals surface area contributed by atoms with E-state index >= 15 is 0 Å². The molecule has 18 heavy (non-hydrogen) atoms. The van der Waals surface area contributed by atoms with Crippen molar-refractivity contribution in [2.24, 2.45) is 0 Å². The van der Waals surface area contributed by atoms with Gasteiger partial charge in [0, 0.05) is 0 Å². The molecule has 0 aliphatic heterocycles. The third-order valence-corrected chi connectivity index (χ3v) is 5.22. The second-order valence-corrected chi connectivity index (χ2v) is 5.40. The third kappa shape index (κ3) is 3.62. The van der Waals surface area contributed by atoms with E-state index in [0.29, 0.717) is 0 Å². The summed E-state index contributed by atoms with van der Waals surface area (Å²) in [6.07, 6.45) is 0. The van der Waals surface area contributed by atoms with E-state index in [1.165, 1.54) is 5.56 Å². The van der Waals surface area contributed by atoms with Crippen LogP contribution in [0, 0.1) is 0 Å². The number of anilines is 2. The number of benzene rings is 2. The van der Waals surface area contributed by atoms with E-state index < -0.39 is 0 Å². The van der Waals surface area contributed by atoms with Crippen molar-refractivity contribution in [2.75, 3.05) is 11.5 Å². The molecule has 2 aromatic carbocycles. The van der Waals surface area contributed by atoms with Gasteiger partial charge in [0.25, 0.3) is 0 Å². The Hall–Kier alpha value is -0.263. The molecule has 0 unspecified atom stereocenters. The topological polar surface area (TPSA) is 52.0 Å². The number of halogens is 2. The van der Waals surface area contributed by atoms with Crippen LogP contribution in [-0.4, -0.2) is 33.7 Å². The van der Waals surface area contributed by atoms with Gasteiger partial charge in [0.15, 0.2) is 0 Å². The molecule has 0 atom stereocenters. The summed E-state index contributed by atoms with van der Waals surface area (Å²) in [5, 5.41) is 0. The Morgan fingerprint density at radius 2 is 1.28 bits per heavy atom. The summed E-state index contributed by atoms with van der Waals surface area (Å²) in [6, 6.07) is 11.8. The number of hydrogen-bond donors (Lipinski definition) is 2. The maximum absolute atomic E-state index is 5.85. The van der Waals surface area contributed by atoms with Crippen LogP contribution in [0.2, 0.25) is 0 Å². The van der Waals surface area contributed by atoms with Crippen molar-refractivity contribution in [1.29, 1.82) is 0 Å². The molecular weight excluding hydrogens is 393 g/mol. The fourth-order valence-corrected chi connectivity index (χ4v) is 2.60. The molecule has 0 saturated carbocycles. The van der Waals surface area contributed by atoms with Gasteiger partial charge in [0.1, 0.15) is 0 Å². The summed E-state index contributed by atoms with van der Waals surface area (Å²) in [4.78, 5) is 0. The van der Waals surface area contributed by atoms with Crippen molar-refractivity contribution < 1.29 is 0 Å². The summed E-state index contributed by atoms with van der Waals surface area (Å²) in [5.74, 6) is 0. The van der Waals surface area contributed by atoms with E-state index in [0.717, 1.165) is 25.6 Å². The fourth-order valence-electron chi connectivity index (χ4n) is 1.49. The number of hydrogen-bond acceptors (Lipinski definition) is 2. The van der Waals surface area contributed by atoms with Crippen LogP contribution >= 0.6 is 24.8 Å². The Morgan fingerprint density at radius 3 is 1.83 bits per heavy atom. The van der Waals surface area contributed by atoms with Crippen LogP contribution in [0.15, 0.2) is 36.4 Å². The summed E-state index contributed by atoms with van der Waals surface area (Å²) in [5.41, 5.74) is 15.4. The Morgan fingerprint density at radius 1 is 0.722 bits per heavy atom. The van der Waals surface area contributed by atoms with Crippen molar-refractivity contribution in [3.8, 4) is 11.1 Å². The molecule has 4 N–H and O–H groups in total. The molecule has 0 amide bonds. The second kappa shape index (κ2) is 7.36. The summed E-state index contributed by atoms with van der Waals surface area (Å²) >= 11 is 5.09. The Labute approximate surface area is 137 Å². The van der Waals surface area contributed by atoms with Crippen LogP contribution in [0.25, 0.3) is 11.1 Å². The maximum atomic E-state index is 5.85. The first kappa shape index (κ1) is 17.7. The molecule has 0 spiro atoms. The molecule has 0 aliphatic rings. The first-order valence-corrected chi connectivity index (χ1v) is 6.63. The molecule has 2 nitrogen and oxygen atoms in total. The van der Waals surface area contributed by atoms with Crippen LogP contribution in [-0.2, 0) is 0 Å². The van der Waals surface area contributed by atoms with E-state index in [2.05, 4.69) is 33.7 Å². The molecule has 0 fully saturated rings. The van der Waals surface area contributed by atoms with Crippen LogP contribution < -0.4 is 20.2 Å². The number of nitrogen functional groups attached to an aromatic ring is 2. The van der Waals surface area contributed by atoms with E-state index in [9.17, 15) is 0 Å². The second-order valence-electron chi connectivity index (χ2n) is 3.52. The number of nitrogens with two attached hydrogens (primary N) is 2. The van der Waals surface area contributed by atoms with E-state index in [1.807, 2.05) is 36.4 Å². The molecule has 0 heterocycles. The van der Waals surface area contributed by atoms with Gasteiger partial charge in [-0.2, -0.15) is 0 Å². The Kier molecular flexibility index (Phi) is 7.25. The summed E-state index contributed by atoms with van der Waals surface area (Å²) in [7, 11) is 0. The van der Waals surface area contributed by atoms with Crippen LogP contribution in [0.4, 0.5) is 11.4 Å². The SMILES string of the molecule is Cl.Cl.Nc1ccc(-c2ccc(N)c([As])c2[As])cc1. The van der Waals surface area contributed by atoms with Gasteiger partial charge in [-0.05, 0) is 0 Å². The zero-order chi connectivity index (χ0) is 11.7. The molecule has 0 saturated heterocycles. The average molecular weight is 405 g/mol. The normalized spacial score (nSPS) is 9.22. The molecule has 0 bridgehead atoms. The van der Waals surface area contributed by atoms with Crippen LogP contribution in [0.3, 0.4) is 0 Å². The van der Waals surface area contributed by atoms with Gasteiger partial charge in [-0.25, -0.2) is 0 Å². The molecule has 2 rings (SSSR count). The zero-order valence-electron chi connectivity index (χ0n) is 9.33. The molecular formula is C12H12As2Cl2N2. The minimum atomic E-state index is 0. The van der Waals surface area contributed by atoms with Gasteiger partial charge >= 0.3 is 113 Å². The predicted octanol–water partition coefficient (Wildman–Crippen LogP) is 0.949. The van der Waals surface area contributed by atoms with Crippen molar-refractivity contribution in [1.82, 2.24) is 0 Å². The first-order chi connectivity index (χ1) is 7.59.